The van der Waals surface area contributed by atoms with E-state index in [1.807, 2.05) is 68.4 Å². The molecule has 0 spiro atoms. The third-order valence-electron chi connectivity index (χ3n) is 5.46. The minimum Gasteiger partial charge on any atom is -0.491 e. The number of nitrogens with zero attached hydrogens (tertiary/aromatic N) is 1. The summed E-state index contributed by atoms with van der Waals surface area (Å²) in [5.41, 5.74) is 5.26. The molecule has 5 nitrogen and oxygen atoms in total. The van der Waals surface area contributed by atoms with Gasteiger partial charge < -0.3 is 9.47 Å². The fraction of sp³-hybridized carbons (Fsp3) is 0.214. The molecule has 2 amide bonds. The average Bonchev–Trinajstić information content (AvgIpc) is 3.08. The molecular formula is C28H27NO4S. The Morgan fingerprint density at radius 3 is 2.41 bits per heavy atom. The van der Waals surface area contributed by atoms with E-state index in [2.05, 4.69) is 19.1 Å². The van der Waals surface area contributed by atoms with Crippen molar-refractivity contribution in [3.63, 3.8) is 0 Å². The molecule has 3 aromatic rings. The second-order valence-corrected chi connectivity index (χ2v) is 9.29. The molecule has 0 unspecified atom stereocenters. The number of imide groups is 1. The monoisotopic (exact) mass is 473 g/mol. The molecule has 1 aliphatic heterocycles. The van der Waals surface area contributed by atoms with Crippen molar-refractivity contribution in [2.24, 2.45) is 0 Å². The van der Waals surface area contributed by atoms with Crippen LogP contribution in [0.15, 0.2) is 71.6 Å². The SMILES string of the molecule is Cc1cccc(COc2ccc(/C=C3\SC(=O)N(CCOc4cc(C)ccc4C)C3=O)cc2)c1. The summed E-state index contributed by atoms with van der Waals surface area (Å²) >= 11 is 0.953. The normalized spacial score (nSPS) is 14.7. The molecule has 4 rings (SSSR count). The lowest BCUT2D eigenvalue weighted by molar-refractivity contribution is -0.123. The molecule has 0 bridgehead atoms. The van der Waals surface area contributed by atoms with Gasteiger partial charge in [-0.3, -0.25) is 14.5 Å². The molecule has 34 heavy (non-hydrogen) atoms. The highest BCUT2D eigenvalue weighted by atomic mass is 32.2. The summed E-state index contributed by atoms with van der Waals surface area (Å²) in [5, 5.41) is -0.279. The number of rotatable bonds is 8. The standard InChI is InChI=1S/C28H27NO4S/c1-19-5-4-6-23(15-19)18-33-24-11-9-22(10-12-24)17-26-27(30)29(28(31)34-26)13-14-32-25-16-20(2)7-8-21(25)3/h4-12,15-17H,13-14,18H2,1-3H3/b26-17-. The van der Waals surface area contributed by atoms with Gasteiger partial charge in [-0.05, 0) is 79.1 Å². The Labute approximate surface area is 204 Å². The number of carbonyl (C=O) groups is 2. The Morgan fingerprint density at radius 1 is 0.882 bits per heavy atom. The predicted molar refractivity (Wildman–Crippen MR) is 136 cm³/mol. The molecule has 0 radical (unpaired) electrons. The molecule has 0 aliphatic carbocycles. The zero-order valence-corrected chi connectivity index (χ0v) is 20.4. The third kappa shape index (κ3) is 5.88. The molecule has 0 N–H and O–H groups in total. The van der Waals surface area contributed by atoms with Gasteiger partial charge in [0.2, 0.25) is 0 Å². The maximum atomic E-state index is 12.8. The van der Waals surface area contributed by atoms with Crippen molar-refractivity contribution in [1.82, 2.24) is 4.90 Å². The highest BCUT2D eigenvalue weighted by molar-refractivity contribution is 8.18. The summed E-state index contributed by atoms with van der Waals surface area (Å²) in [6.07, 6.45) is 1.74. The van der Waals surface area contributed by atoms with Crippen LogP contribution in [-0.4, -0.2) is 29.2 Å². The van der Waals surface area contributed by atoms with Crippen molar-refractivity contribution in [3.8, 4) is 11.5 Å². The molecule has 1 fully saturated rings. The zero-order valence-electron chi connectivity index (χ0n) is 19.5. The van der Waals surface area contributed by atoms with E-state index in [1.165, 1.54) is 10.5 Å². The summed E-state index contributed by atoms with van der Waals surface area (Å²) < 4.78 is 11.7. The van der Waals surface area contributed by atoms with Gasteiger partial charge in [0.25, 0.3) is 11.1 Å². The van der Waals surface area contributed by atoms with Gasteiger partial charge in [-0.15, -0.1) is 0 Å². The molecular weight excluding hydrogens is 446 g/mol. The van der Waals surface area contributed by atoms with E-state index < -0.39 is 0 Å². The number of ether oxygens (including phenoxy) is 2. The lowest BCUT2D eigenvalue weighted by atomic mass is 10.1. The van der Waals surface area contributed by atoms with Gasteiger partial charge in [-0.1, -0.05) is 54.1 Å². The van der Waals surface area contributed by atoms with Gasteiger partial charge in [-0.2, -0.15) is 0 Å². The lowest BCUT2D eigenvalue weighted by Gasteiger charge is -2.14. The van der Waals surface area contributed by atoms with E-state index in [4.69, 9.17) is 9.47 Å². The summed E-state index contributed by atoms with van der Waals surface area (Å²) in [7, 11) is 0. The summed E-state index contributed by atoms with van der Waals surface area (Å²) in [4.78, 5) is 26.8. The molecule has 1 heterocycles. The van der Waals surface area contributed by atoms with Gasteiger partial charge in [-0.25, -0.2) is 0 Å². The summed E-state index contributed by atoms with van der Waals surface area (Å²) in [5.74, 6) is 1.22. The van der Waals surface area contributed by atoms with Crippen molar-refractivity contribution in [3.05, 3.63) is 99.5 Å². The number of hydrogen-bond acceptors (Lipinski definition) is 5. The largest absolute Gasteiger partial charge is 0.491 e. The van der Waals surface area contributed by atoms with E-state index in [-0.39, 0.29) is 24.3 Å². The fourth-order valence-corrected chi connectivity index (χ4v) is 4.45. The van der Waals surface area contributed by atoms with Crippen LogP contribution in [-0.2, 0) is 11.4 Å². The molecule has 1 saturated heterocycles. The highest BCUT2D eigenvalue weighted by Crippen LogP contribution is 2.32. The maximum Gasteiger partial charge on any atom is 0.293 e. The first-order valence-corrected chi connectivity index (χ1v) is 11.9. The van der Waals surface area contributed by atoms with E-state index in [0.29, 0.717) is 11.5 Å². The Kier molecular flexibility index (Phi) is 7.38. The van der Waals surface area contributed by atoms with Crippen LogP contribution in [0.1, 0.15) is 27.8 Å². The fourth-order valence-electron chi connectivity index (χ4n) is 3.58. The van der Waals surface area contributed by atoms with Crippen molar-refractivity contribution in [2.45, 2.75) is 27.4 Å². The van der Waals surface area contributed by atoms with Crippen molar-refractivity contribution >= 4 is 29.0 Å². The minimum absolute atomic E-state index is 0.209. The van der Waals surface area contributed by atoms with Crippen LogP contribution in [0.2, 0.25) is 0 Å². The minimum atomic E-state index is -0.292. The van der Waals surface area contributed by atoms with Crippen molar-refractivity contribution < 1.29 is 19.1 Å². The van der Waals surface area contributed by atoms with Crippen LogP contribution in [0.3, 0.4) is 0 Å². The van der Waals surface area contributed by atoms with Gasteiger partial charge >= 0.3 is 0 Å². The molecule has 0 aromatic heterocycles. The van der Waals surface area contributed by atoms with Crippen molar-refractivity contribution in [1.29, 1.82) is 0 Å². The third-order valence-corrected chi connectivity index (χ3v) is 6.36. The second kappa shape index (κ2) is 10.6. The second-order valence-electron chi connectivity index (χ2n) is 8.30. The first-order chi connectivity index (χ1) is 16.4. The maximum absolute atomic E-state index is 12.8. The van der Waals surface area contributed by atoms with Crippen LogP contribution in [0.4, 0.5) is 4.79 Å². The smallest absolute Gasteiger partial charge is 0.293 e. The highest BCUT2D eigenvalue weighted by Gasteiger charge is 2.34. The number of benzene rings is 3. The molecule has 0 atom stereocenters. The number of carbonyl (C=O) groups excluding carboxylic acids is 2. The van der Waals surface area contributed by atoms with E-state index >= 15 is 0 Å². The van der Waals surface area contributed by atoms with Crippen molar-refractivity contribution in [2.75, 3.05) is 13.2 Å². The summed E-state index contributed by atoms with van der Waals surface area (Å²) in [6.45, 7) is 6.97. The number of hydrogen-bond donors (Lipinski definition) is 0. The number of aryl methyl sites for hydroxylation is 3. The molecule has 6 heteroatoms. The predicted octanol–water partition coefficient (Wildman–Crippen LogP) is 6.31. The number of thioether (sulfide) groups is 1. The van der Waals surface area contributed by atoms with Crippen LogP contribution < -0.4 is 9.47 Å². The summed E-state index contributed by atoms with van der Waals surface area (Å²) in [6, 6.07) is 21.6. The van der Waals surface area contributed by atoms with E-state index in [0.717, 1.165) is 45.5 Å². The Hall–Kier alpha value is -3.51. The Morgan fingerprint density at radius 2 is 1.65 bits per heavy atom. The molecule has 174 valence electrons. The van der Waals surface area contributed by atoms with Gasteiger partial charge in [0.15, 0.2) is 0 Å². The molecule has 1 aliphatic rings. The zero-order chi connectivity index (χ0) is 24.1. The average molecular weight is 474 g/mol. The van der Waals surface area contributed by atoms with Gasteiger partial charge in [0.05, 0.1) is 11.4 Å². The van der Waals surface area contributed by atoms with Gasteiger partial charge in [0.1, 0.15) is 24.7 Å². The van der Waals surface area contributed by atoms with Crippen LogP contribution in [0.25, 0.3) is 6.08 Å². The molecule has 0 saturated carbocycles. The van der Waals surface area contributed by atoms with Crippen LogP contribution in [0.5, 0.6) is 11.5 Å². The van der Waals surface area contributed by atoms with Crippen LogP contribution >= 0.6 is 11.8 Å². The number of amides is 2. The lowest BCUT2D eigenvalue weighted by Crippen LogP contribution is -2.32. The van der Waals surface area contributed by atoms with Crippen LogP contribution in [0, 0.1) is 20.8 Å². The Bertz CT molecular complexity index is 1230. The van der Waals surface area contributed by atoms with Gasteiger partial charge in [0, 0.05) is 0 Å². The topological polar surface area (TPSA) is 55.8 Å². The van der Waals surface area contributed by atoms with E-state index in [9.17, 15) is 9.59 Å². The quantitative estimate of drug-likeness (QED) is 0.359. The molecule has 3 aromatic carbocycles. The Balaban J connectivity index is 1.33. The first-order valence-electron chi connectivity index (χ1n) is 11.1. The first kappa shape index (κ1) is 23.6. The van der Waals surface area contributed by atoms with E-state index in [1.54, 1.807) is 6.08 Å².